The molecular weight excluding hydrogens is 664 g/mol. The number of fused-ring (bicyclic) bond motifs is 1. The maximum Gasteiger partial charge on any atom is 0.338 e. The molecule has 0 spiro atoms. The Morgan fingerprint density at radius 3 is 2.64 bits per heavy atom. The number of halogens is 2. The summed E-state index contributed by atoms with van der Waals surface area (Å²) >= 11 is 5.74. The van der Waals surface area contributed by atoms with Crippen LogP contribution in [0.2, 0.25) is 0 Å². The van der Waals surface area contributed by atoms with Gasteiger partial charge in [-0.2, -0.15) is 5.26 Å². The number of nitrogens with zero attached hydrogens (tertiary/aromatic N) is 2. The molecule has 1 aromatic heterocycles. The van der Waals surface area contributed by atoms with E-state index >= 15 is 0 Å². The summed E-state index contributed by atoms with van der Waals surface area (Å²) in [6.07, 6.45) is 1.68. The van der Waals surface area contributed by atoms with Crippen molar-refractivity contribution in [3.8, 4) is 6.07 Å². The van der Waals surface area contributed by atoms with Crippen molar-refractivity contribution in [1.29, 1.82) is 5.26 Å². The molecule has 0 saturated carbocycles. The van der Waals surface area contributed by atoms with Gasteiger partial charge in [0.05, 0.1) is 34.3 Å². The van der Waals surface area contributed by atoms with Crippen molar-refractivity contribution in [3.05, 3.63) is 93.9 Å². The summed E-state index contributed by atoms with van der Waals surface area (Å²) in [6, 6.07) is 17.0. The predicted octanol–water partition coefficient (Wildman–Crippen LogP) is 3.51. The smallest absolute Gasteiger partial charge is 0.338 e. The van der Waals surface area contributed by atoms with Crippen LogP contribution >= 0.6 is 56.5 Å². The number of benzene rings is 2. The number of allylic oxidation sites excluding steroid dienone is 1. The largest absolute Gasteiger partial charge is 0.462 e. The Labute approximate surface area is 221 Å². The van der Waals surface area contributed by atoms with Gasteiger partial charge in [0.25, 0.3) is 5.56 Å². The minimum absolute atomic E-state index is 0.136. The van der Waals surface area contributed by atoms with Crippen molar-refractivity contribution in [2.45, 2.75) is 12.8 Å². The lowest BCUT2D eigenvalue weighted by Gasteiger charge is -2.23. The first-order chi connectivity index (χ1) is 15.9. The normalized spacial score (nSPS) is 15.9. The summed E-state index contributed by atoms with van der Waals surface area (Å²) < 4.78 is 9.50. The van der Waals surface area contributed by atoms with Crippen LogP contribution in [-0.2, 0) is 4.74 Å². The zero-order chi connectivity index (χ0) is 23.7. The number of aromatic nitrogens is 1. The number of carbonyl (C=O) groups is 1. The summed E-state index contributed by atoms with van der Waals surface area (Å²) in [5.41, 5.74) is 8.33. The topological polar surface area (TPSA) is 98.1 Å². The van der Waals surface area contributed by atoms with E-state index in [1.807, 2.05) is 24.3 Å². The molecule has 2 aromatic carbocycles. The number of nitrogens with two attached hydrogens (primary N) is 1. The number of hydrogen-bond acceptors (Lipinski definition) is 6. The van der Waals surface area contributed by atoms with Crippen LogP contribution in [0.15, 0.2) is 58.9 Å². The molecule has 0 bridgehead atoms. The summed E-state index contributed by atoms with van der Waals surface area (Å²) in [5.74, 6) is -0.657. The molecular formula is C24H17I2N3O3S. The van der Waals surface area contributed by atoms with E-state index in [-0.39, 0.29) is 23.9 Å². The number of thiazole rings is 1. The van der Waals surface area contributed by atoms with Crippen molar-refractivity contribution in [3.63, 3.8) is 0 Å². The van der Waals surface area contributed by atoms with Crippen LogP contribution in [0.5, 0.6) is 0 Å². The lowest BCUT2D eigenvalue weighted by molar-refractivity contribution is 0.0526. The van der Waals surface area contributed by atoms with Crippen LogP contribution in [0.1, 0.15) is 34.3 Å². The number of ether oxygens (including phenoxy) is 1. The van der Waals surface area contributed by atoms with Gasteiger partial charge in [0, 0.05) is 7.15 Å². The predicted molar refractivity (Wildman–Crippen MR) is 146 cm³/mol. The van der Waals surface area contributed by atoms with Gasteiger partial charge in [0.1, 0.15) is 10.5 Å². The highest BCUT2D eigenvalue weighted by Crippen LogP contribution is 2.40. The van der Waals surface area contributed by atoms with Crippen molar-refractivity contribution in [2.24, 2.45) is 5.73 Å². The molecule has 1 atom stereocenters. The molecule has 0 radical (unpaired) electrons. The fraction of sp³-hybridized carbons (Fsp3) is 0.125. The lowest BCUT2D eigenvalue weighted by Crippen LogP contribution is -2.37. The Hall–Kier alpha value is -2.43. The fourth-order valence-electron chi connectivity index (χ4n) is 3.66. The van der Waals surface area contributed by atoms with E-state index in [4.69, 9.17) is 10.5 Å². The highest BCUT2D eigenvalue weighted by atomic mass is 127. The van der Waals surface area contributed by atoms with Gasteiger partial charge in [-0.3, -0.25) is 9.36 Å². The number of esters is 1. The Kier molecular flexibility index (Phi) is 7.06. The van der Waals surface area contributed by atoms with Gasteiger partial charge in [0.15, 0.2) is 0 Å². The second kappa shape index (κ2) is 9.82. The van der Waals surface area contributed by atoms with Gasteiger partial charge < -0.3 is 10.5 Å². The summed E-state index contributed by atoms with van der Waals surface area (Å²) in [6.45, 7) is 2.00. The molecule has 0 amide bonds. The van der Waals surface area contributed by atoms with E-state index in [0.717, 1.165) is 12.7 Å². The average Bonchev–Trinajstić information content (AvgIpc) is 3.13. The molecule has 0 aliphatic carbocycles. The minimum Gasteiger partial charge on any atom is -0.462 e. The quantitative estimate of drug-likeness (QED) is 0.336. The van der Waals surface area contributed by atoms with Crippen molar-refractivity contribution in [2.75, 3.05) is 6.61 Å². The molecule has 2 heterocycles. The summed E-state index contributed by atoms with van der Waals surface area (Å²) in [4.78, 5) is 25.7. The third kappa shape index (κ3) is 4.27. The third-order valence-electron chi connectivity index (χ3n) is 5.17. The maximum atomic E-state index is 13.3. The molecule has 33 heavy (non-hydrogen) atoms. The van der Waals surface area contributed by atoms with E-state index in [9.17, 15) is 14.9 Å². The van der Waals surface area contributed by atoms with E-state index in [1.54, 1.807) is 37.3 Å². The van der Waals surface area contributed by atoms with Gasteiger partial charge in [0.2, 0.25) is 0 Å². The van der Waals surface area contributed by atoms with E-state index in [0.29, 0.717) is 25.9 Å². The molecule has 4 rings (SSSR count). The van der Waals surface area contributed by atoms with Gasteiger partial charge in [-0.1, -0.05) is 36.4 Å². The van der Waals surface area contributed by atoms with Gasteiger partial charge in [-0.25, -0.2) is 4.79 Å². The second-order valence-corrected chi connectivity index (χ2v) is 10.4. The maximum absolute atomic E-state index is 13.3. The zero-order valence-electron chi connectivity index (χ0n) is 17.3. The van der Waals surface area contributed by atoms with Crippen LogP contribution in [-0.4, -0.2) is 17.1 Å². The minimum atomic E-state index is -0.447. The first kappa shape index (κ1) is 23.7. The molecule has 166 valence electrons. The molecule has 3 aromatic rings. The Balaban J connectivity index is 1.99. The van der Waals surface area contributed by atoms with E-state index < -0.39 is 5.97 Å². The standard InChI is InChI=1S/C24H17I2N3O3S/c1-2-32-24(31)14-8-4-3-7-13(14)11-18-22(30)29-21(28)16(12-27)19(20(26)23(29)33-18)15-9-5-6-10-17(15)25/h3-11,19H,2,28H2,1H3/t19-/m0/s1. The van der Waals surface area contributed by atoms with E-state index in [2.05, 4.69) is 51.3 Å². The third-order valence-corrected chi connectivity index (χ3v) is 8.76. The molecule has 1 aliphatic heterocycles. The Bertz CT molecular complexity index is 1530. The molecule has 0 unspecified atom stereocenters. The number of rotatable bonds is 4. The highest BCUT2D eigenvalue weighted by Gasteiger charge is 2.31. The number of carbonyl (C=O) groups excluding carboxylic acids is 1. The summed E-state index contributed by atoms with van der Waals surface area (Å²) in [7, 11) is 0. The first-order valence-corrected chi connectivity index (χ1v) is 12.9. The first-order valence-electron chi connectivity index (χ1n) is 9.93. The van der Waals surface area contributed by atoms with Gasteiger partial charge in [-0.05, 0) is 81.4 Å². The van der Waals surface area contributed by atoms with Crippen molar-refractivity contribution < 1.29 is 9.53 Å². The Morgan fingerprint density at radius 1 is 1.24 bits per heavy atom. The molecule has 9 heteroatoms. The van der Waals surface area contributed by atoms with E-state index in [1.165, 1.54) is 15.9 Å². The summed E-state index contributed by atoms with van der Waals surface area (Å²) in [5, 5.41) is 9.93. The van der Waals surface area contributed by atoms with Crippen molar-refractivity contribution >= 4 is 78.0 Å². The van der Waals surface area contributed by atoms with Crippen LogP contribution in [0.25, 0.3) is 15.5 Å². The van der Waals surface area contributed by atoms with Crippen LogP contribution < -0.4 is 20.5 Å². The SMILES string of the molecule is CCOC(=O)c1ccccc1C=c1sc2n(c1=O)C(N)=C(C#N)[C@H](c1ccccc1I)C=2I. The fourth-order valence-corrected chi connectivity index (χ4v) is 6.64. The zero-order valence-corrected chi connectivity index (χ0v) is 22.5. The van der Waals surface area contributed by atoms with Crippen molar-refractivity contribution in [1.82, 2.24) is 4.57 Å². The molecule has 1 aliphatic rings. The average molecular weight is 681 g/mol. The molecule has 2 N–H and O–H groups in total. The lowest BCUT2D eigenvalue weighted by atomic mass is 9.90. The monoisotopic (exact) mass is 681 g/mol. The van der Waals surface area contributed by atoms with Crippen LogP contribution in [0.3, 0.4) is 0 Å². The molecule has 6 nitrogen and oxygen atoms in total. The van der Waals surface area contributed by atoms with Gasteiger partial charge in [-0.15, -0.1) is 11.3 Å². The Morgan fingerprint density at radius 2 is 1.94 bits per heavy atom. The molecule has 0 fully saturated rings. The highest BCUT2D eigenvalue weighted by molar-refractivity contribution is 14.1. The number of nitriles is 1. The molecule has 0 saturated heterocycles. The van der Waals surface area contributed by atoms with Crippen LogP contribution in [0.4, 0.5) is 0 Å². The van der Waals surface area contributed by atoms with Crippen LogP contribution in [0, 0.1) is 14.9 Å². The number of hydrogen-bond donors (Lipinski definition) is 1. The van der Waals surface area contributed by atoms with Gasteiger partial charge >= 0.3 is 5.97 Å². The second-order valence-electron chi connectivity index (χ2n) is 7.08.